The molecule has 1 aliphatic rings. The highest BCUT2D eigenvalue weighted by Gasteiger charge is 2.16. The van der Waals surface area contributed by atoms with Crippen molar-refractivity contribution in [2.75, 3.05) is 11.9 Å². The van der Waals surface area contributed by atoms with E-state index >= 15 is 0 Å². The molecule has 3 aromatic rings. The summed E-state index contributed by atoms with van der Waals surface area (Å²) in [5, 5.41) is 3.43. The molecule has 6 heteroatoms. The highest BCUT2D eigenvalue weighted by atomic mass is 19.1. The fraction of sp³-hybridized carbons (Fsp3) is 0.389. The fourth-order valence-corrected chi connectivity index (χ4v) is 3.32. The fourth-order valence-electron chi connectivity index (χ4n) is 3.32. The number of nitrogens with zero attached hydrogens (tertiary/aromatic N) is 3. The molecule has 1 aliphatic carbocycles. The molecule has 0 bridgehead atoms. The molecule has 0 spiro atoms. The minimum absolute atomic E-state index is 0.251. The normalized spacial score (nSPS) is 13.9. The van der Waals surface area contributed by atoms with Crippen molar-refractivity contribution >= 4 is 16.9 Å². The molecular formula is C18H20FN5. The predicted octanol–water partition coefficient (Wildman–Crippen LogP) is 3.33. The number of anilines is 1. The number of nitrogens with one attached hydrogen (secondary N) is 2. The zero-order valence-corrected chi connectivity index (χ0v) is 13.7. The molecule has 24 heavy (non-hydrogen) atoms. The minimum atomic E-state index is -0.251. The molecule has 4 rings (SSSR count). The van der Waals surface area contributed by atoms with Crippen LogP contribution in [0.5, 0.6) is 0 Å². The van der Waals surface area contributed by atoms with Gasteiger partial charge in [-0.25, -0.2) is 19.3 Å². The number of aryl methyl sites for hydroxylation is 2. The lowest BCUT2D eigenvalue weighted by Gasteiger charge is -2.19. The van der Waals surface area contributed by atoms with Crippen molar-refractivity contribution in [3.63, 3.8) is 0 Å². The third-order valence-electron chi connectivity index (χ3n) is 4.44. The summed E-state index contributed by atoms with van der Waals surface area (Å²) >= 11 is 0. The van der Waals surface area contributed by atoms with Crippen molar-refractivity contribution in [2.24, 2.45) is 0 Å². The molecule has 0 saturated heterocycles. The number of imidazole rings is 1. The van der Waals surface area contributed by atoms with Gasteiger partial charge in [-0.15, -0.1) is 0 Å². The van der Waals surface area contributed by atoms with Gasteiger partial charge in [-0.1, -0.05) is 0 Å². The first-order valence-electron chi connectivity index (χ1n) is 8.43. The molecule has 0 saturated carbocycles. The molecule has 0 unspecified atom stereocenters. The Morgan fingerprint density at radius 3 is 2.96 bits per heavy atom. The van der Waals surface area contributed by atoms with E-state index in [2.05, 4.69) is 25.3 Å². The third kappa shape index (κ3) is 2.96. The molecular weight excluding hydrogens is 305 g/mol. The summed E-state index contributed by atoms with van der Waals surface area (Å²) in [4.78, 5) is 16.8. The van der Waals surface area contributed by atoms with Crippen LogP contribution in [-0.2, 0) is 19.3 Å². The number of aromatic amines is 1. The van der Waals surface area contributed by atoms with Crippen LogP contribution < -0.4 is 5.32 Å². The zero-order valence-electron chi connectivity index (χ0n) is 13.7. The van der Waals surface area contributed by atoms with E-state index in [1.165, 1.54) is 36.2 Å². The molecule has 0 amide bonds. The summed E-state index contributed by atoms with van der Waals surface area (Å²) in [5.41, 5.74) is 3.98. The van der Waals surface area contributed by atoms with E-state index in [1.807, 2.05) is 6.92 Å². The highest BCUT2D eigenvalue weighted by Crippen LogP contribution is 2.25. The van der Waals surface area contributed by atoms with Crippen molar-refractivity contribution in [1.82, 2.24) is 19.9 Å². The van der Waals surface area contributed by atoms with Crippen LogP contribution in [-0.4, -0.2) is 26.5 Å². The van der Waals surface area contributed by atoms with E-state index in [0.717, 1.165) is 54.3 Å². The number of hydrogen-bond acceptors (Lipinski definition) is 4. The molecule has 124 valence electrons. The average molecular weight is 325 g/mol. The Balaban J connectivity index is 1.48. The Kier molecular flexibility index (Phi) is 3.88. The summed E-state index contributed by atoms with van der Waals surface area (Å²) in [7, 11) is 0. The molecule has 2 heterocycles. The maximum atomic E-state index is 13.2. The van der Waals surface area contributed by atoms with E-state index in [9.17, 15) is 4.39 Å². The first-order valence-corrected chi connectivity index (χ1v) is 8.43. The van der Waals surface area contributed by atoms with Gasteiger partial charge in [0.05, 0.1) is 11.0 Å². The van der Waals surface area contributed by atoms with Gasteiger partial charge in [-0.2, -0.15) is 0 Å². The summed E-state index contributed by atoms with van der Waals surface area (Å²) in [6.07, 6.45) is 5.22. The Labute approximate surface area is 139 Å². The SMILES string of the molecule is Cc1nc2c(c(NCCc3nc4ccc(F)cc4[nH]3)n1)CCCC2. The molecule has 0 fully saturated rings. The summed E-state index contributed by atoms with van der Waals surface area (Å²) < 4.78 is 13.2. The van der Waals surface area contributed by atoms with Gasteiger partial charge in [0, 0.05) is 24.2 Å². The van der Waals surface area contributed by atoms with Crippen LogP contribution in [0.3, 0.4) is 0 Å². The van der Waals surface area contributed by atoms with Gasteiger partial charge >= 0.3 is 0 Å². The van der Waals surface area contributed by atoms with E-state index < -0.39 is 0 Å². The van der Waals surface area contributed by atoms with Gasteiger partial charge in [-0.3, -0.25) is 0 Å². The maximum Gasteiger partial charge on any atom is 0.133 e. The lowest BCUT2D eigenvalue weighted by Crippen LogP contribution is -2.15. The third-order valence-corrected chi connectivity index (χ3v) is 4.44. The predicted molar refractivity (Wildman–Crippen MR) is 91.7 cm³/mol. The zero-order chi connectivity index (χ0) is 16.5. The first kappa shape index (κ1) is 15.1. The van der Waals surface area contributed by atoms with Crippen LogP contribution >= 0.6 is 0 Å². The number of halogens is 1. The molecule has 2 N–H and O–H groups in total. The van der Waals surface area contributed by atoms with Crippen LogP contribution in [0.4, 0.5) is 10.2 Å². The lowest BCUT2D eigenvalue weighted by molar-refractivity contribution is 0.629. The second-order valence-corrected chi connectivity index (χ2v) is 6.27. The van der Waals surface area contributed by atoms with Crippen LogP contribution in [0, 0.1) is 12.7 Å². The smallest absolute Gasteiger partial charge is 0.133 e. The average Bonchev–Trinajstić information content (AvgIpc) is 2.96. The number of rotatable bonds is 4. The molecule has 5 nitrogen and oxygen atoms in total. The van der Waals surface area contributed by atoms with Crippen LogP contribution in [0.25, 0.3) is 11.0 Å². The van der Waals surface area contributed by atoms with Crippen molar-refractivity contribution in [3.05, 3.63) is 46.9 Å². The second-order valence-electron chi connectivity index (χ2n) is 6.27. The van der Waals surface area contributed by atoms with Crippen molar-refractivity contribution in [3.8, 4) is 0 Å². The summed E-state index contributed by atoms with van der Waals surface area (Å²) in [6.45, 7) is 2.67. The maximum absolute atomic E-state index is 13.2. The number of fused-ring (bicyclic) bond motifs is 2. The highest BCUT2D eigenvalue weighted by molar-refractivity contribution is 5.74. The quantitative estimate of drug-likeness (QED) is 0.772. The van der Waals surface area contributed by atoms with E-state index in [4.69, 9.17) is 0 Å². The number of aromatic nitrogens is 4. The van der Waals surface area contributed by atoms with Crippen molar-refractivity contribution < 1.29 is 4.39 Å². The molecule has 0 atom stereocenters. The van der Waals surface area contributed by atoms with Gasteiger partial charge in [0.2, 0.25) is 0 Å². The largest absolute Gasteiger partial charge is 0.369 e. The van der Waals surface area contributed by atoms with Crippen LogP contribution in [0.2, 0.25) is 0 Å². The van der Waals surface area contributed by atoms with Gasteiger partial charge in [0.1, 0.15) is 23.3 Å². The lowest BCUT2D eigenvalue weighted by atomic mass is 9.96. The summed E-state index contributed by atoms with van der Waals surface area (Å²) in [5.74, 6) is 2.37. The molecule has 0 radical (unpaired) electrons. The second kappa shape index (κ2) is 6.19. The Hall–Kier alpha value is -2.50. The van der Waals surface area contributed by atoms with Crippen molar-refractivity contribution in [1.29, 1.82) is 0 Å². The Bertz CT molecular complexity index is 886. The molecule has 0 aliphatic heterocycles. The van der Waals surface area contributed by atoms with Crippen LogP contribution in [0.1, 0.15) is 35.7 Å². The Morgan fingerprint density at radius 2 is 2.04 bits per heavy atom. The van der Waals surface area contributed by atoms with Gasteiger partial charge in [0.15, 0.2) is 0 Å². The van der Waals surface area contributed by atoms with E-state index in [1.54, 1.807) is 6.07 Å². The molecule has 1 aromatic carbocycles. The number of hydrogen-bond donors (Lipinski definition) is 2. The van der Waals surface area contributed by atoms with E-state index in [0.29, 0.717) is 0 Å². The number of H-pyrrole nitrogens is 1. The standard InChI is InChI=1S/C18H20FN5/c1-11-21-14-5-3-2-4-13(14)18(22-11)20-9-8-17-23-15-7-6-12(19)10-16(15)24-17/h6-7,10H,2-5,8-9H2,1H3,(H,23,24)(H,20,21,22). The summed E-state index contributed by atoms with van der Waals surface area (Å²) in [6, 6.07) is 4.60. The minimum Gasteiger partial charge on any atom is -0.369 e. The number of benzene rings is 1. The van der Waals surface area contributed by atoms with Gasteiger partial charge in [0.25, 0.3) is 0 Å². The van der Waals surface area contributed by atoms with Gasteiger partial charge in [-0.05, 0) is 50.8 Å². The Morgan fingerprint density at radius 1 is 1.17 bits per heavy atom. The van der Waals surface area contributed by atoms with Crippen LogP contribution in [0.15, 0.2) is 18.2 Å². The van der Waals surface area contributed by atoms with Gasteiger partial charge < -0.3 is 10.3 Å². The molecule has 2 aromatic heterocycles. The van der Waals surface area contributed by atoms with E-state index in [-0.39, 0.29) is 5.82 Å². The monoisotopic (exact) mass is 325 g/mol. The first-order chi connectivity index (χ1) is 11.7. The van der Waals surface area contributed by atoms with Crippen molar-refractivity contribution in [2.45, 2.75) is 39.0 Å². The topological polar surface area (TPSA) is 66.5 Å².